The third-order valence-corrected chi connectivity index (χ3v) is 8.99. The first-order valence-corrected chi connectivity index (χ1v) is 16.5. The molecule has 0 spiro atoms. The molecule has 0 aliphatic carbocycles. The second kappa shape index (κ2) is 18.5. The standard InChI is InChI=1S/C36H46FN3O11/c1-51-25-12-6-22(7-13-25)32-26(14-15-27(42)21-4-8-23(37)9-5-21)36(50)40(32)24-10-2-20(3-11-24)17-38-31(46)16-28(43)35(49)39-18-29(44)33(47)34(48)30(45)19-41/h2-13,26-34,38,41-48H,14-19H2,1H3,(H,39,49)/t26-,27+,28-,29+,30-,31?,32-,33-,34-/m1/s1. The number of nitrogens with zero attached hydrogens (tertiary/aromatic N) is 1. The van der Waals surface area contributed by atoms with Gasteiger partial charge in [-0.2, -0.15) is 0 Å². The number of rotatable bonds is 19. The van der Waals surface area contributed by atoms with Crippen molar-refractivity contribution in [3.8, 4) is 5.75 Å². The Morgan fingerprint density at radius 3 is 2.12 bits per heavy atom. The molecule has 0 aromatic heterocycles. The van der Waals surface area contributed by atoms with Gasteiger partial charge in [-0.05, 0) is 65.9 Å². The van der Waals surface area contributed by atoms with Gasteiger partial charge in [0.25, 0.3) is 0 Å². The van der Waals surface area contributed by atoms with Crippen LogP contribution < -0.4 is 20.3 Å². The monoisotopic (exact) mass is 715 g/mol. The lowest BCUT2D eigenvalue weighted by atomic mass is 9.78. The number of aliphatic hydroxyl groups excluding tert-OH is 8. The number of β-lactam (4-membered cyclic amide) rings is 1. The summed E-state index contributed by atoms with van der Waals surface area (Å²) >= 11 is 0. The Morgan fingerprint density at radius 1 is 0.882 bits per heavy atom. The fraction of sp³-hybridized carbons (Fsp3) is 0.444. The van der Waals surface area contributed by atoms with Crippen LogP contribution in [0, 0.1) is 11.7 Å². The van der Waals surface area contributed by atoms with Gasteiger partial charge in [-0.1, -0.05) is 36.4 Å². The topological polar surface area (TPSA) is 233 Å². The maximum atomic E-state index is 13.5. The molecule has 1 heterocycles. The Labute approximate surface area is 294 Å². The highest BCUT2D eigenvalue weighted by Crippen LogP contribution is 2.46. The second-order valence-electron chi connectivity index (χ2n) is 12.5. The van der Waals surface area contributed by atoms with Gasteiger partial charge in [0.15, 0.2) is 0 Å². The summed E-state index contributed by atoms with van der Waals surface area (Å²) in [6, 6.07) is 19.8. The number of anilines is 1. The lowest BCUT2D eigenvalue weighted by Crippen LogP contribution is -2.55. The zero-order chi connectivity index (χ0) is 37.2. The van der Waals surface area contributed by atoms with Gasteiger partial charge in [0.1, 0.15) is 42.2 Å². The van der Waals surface area contributed by atoms with E-state index in [-0.39, 0.29) is 18.5 Å². The maximum absolute atomic E-state index is 13.5. The molecule has 1 aliphatic rings. The highest BCUT2D eigenvalue weighted by molar-refractivity contribution is 6.03. The third-order valence-electron chi connectivity index (χ3n) is 8.99. The highest BCUT2D eigenvalue weighted by atomic mass is 19.1. The highest BCUT2D eigenvalue weighted by Gasteiger charge is 2.48. The van der Waals surface area contributed by atoms with Crippen molar-refractivity contribution in [2.45, 2.75) is 74.7 Å². The van der Waals surface area contributed by atoms with E-state index in [1.807, 2.05) is 24.3 Å². The first kappa shape index (κ1) is 39.8. The van der Waals surface area contributed by atoms with Crippen LogP contribution in [0.25, 0.3) is 0 Å². The van der Waals surface area contributed by atoms with E-state index in [4.69, 9.17) is 9.84 Å². The van der Waals surface area contributed by atoms with Gasteiger partial charge in [0.05, 0.1) is 37.9 Å². The van der Waals surface area contributed by atoms with Crippen molar-refractivity contribution in [1.82, 2.24) is 10.6 Å². The van der Waals surface area contributed by atoms with Gasteiger partial charge in [-0.25, -0.2) is 4.39 Å². The van der Waals surface area contributed by atoms with Gasteiger partial charge >= 0.3 is 0 Å². The van der Waals surface area contributed by atoms with Crippen LogP contribution in [-0.4, -0.2) is 110 Å². The van der Waals surface area contributed by atoms with Gasteiger partial charge in [-0.15, -0.1) is 0 Å². The van der Waals surface area contributed by atoms with Crippen molar-refractivity contribution in [3.05, 3.63) is 95.3 Å². The number of methoxy groups -OCH3 is 1. The summed E-state index contributed by atoms with van der Waals surface area (Å²) in [5, 5.41) is 83.9. The molecule has 15 heteroatoms. The predicted octanol–water partition coefficient (Wildman–Crippen LogP) is -0.237. The van der Waals surface area contributed by atoms with Crippen LogP contribution in [0.15, 0.2) is 72.8 Å². The molecule has 1 unspecified atom stereocenters. The number of ether oxygens (including phenoxy) is 1. The summed E-state index contributed by atoms with van der Waals surface area (Å²) in [4.78, 5) is 27.4. The largest absolute Gasteiger partial charge is 0.497 e. The molecule has 10 N–H and O–H groups in total. The van der Waals surface area contributed by atoms with Crippen LogP contribution in [0.4, 0.5) is 10.1 Å². The number of halogens is 1. The van der Waals surface area contributed by atoms with Crippen molar-refractivity contribution in [2.75, 3.05) is 25.2 Å². The average molecular weight is 716 g/mol. The van der Waals surface area contributed by atoms with Crippen molar-refractivity contribution in [2.24, 2.45) is 5.92 Å². The van der Waals surface area contributed by atoms with E-state index in [1.54, 1.807) is 36.3 Å². The van der Waals surface area contributed by atoms with Crippen LogP contribution in [0.2, 0.25) is 0 Å². The Bertz CT molecular complexity index is 1550. The fourth-order valence-electron chi connectivity index (χ4n) is 5.91. The van der Waals surface area contributed by atoms with Crippen molar-refractivity contribution < 1.29 is 59.6 Å². The molecular formula is C36H46FN3O11. The molecular weight excluding hydrogens is 669 g/mol. The van der Waals surface area contributed by atoms with E-state index in [9.17, 15) is 49.7 Å². The van der Waals surface area contributed by atoms with E-state index < -0.39 is 80.1 Å². The van der Waals surface area contributed by atoms with Crippen LogP contribution in [0.5, 0.6) is 5.75 Å². The Hall–Kier alpha value is -4.03. The van der Waals surface area contributed by atoms with E-state index in [0.717, 1.165) is 11.1 Å². The van der Waals surface area contributed by atoms with Crippen LogP contribution in [-0.2, 0) is 16.1 Å². The lowest BCUT2D eigenvalue weighted by molar-refractivity contribution is -0.134. The number of hydrogen-bond donors (Lipinski definition) is 10. The molecule has 0 saturated carbocycles. The molecule has 0 radical (unpaired) electrons. The molecule has 1 saturated heterocycles. The molecule has 278 valence electrons. The normalized spacial score (nSPS) is 20.0. The number of benzene rings is 3. The average Bonchev–Trinajstić information content (AvgIpc) is 3.14. The summed E-state index contributed by atoms with van der Waals surface area (Å²) in [7, 11) is 1.56. The number of nitrogens with one attached hydrogen (secondary N) is 2. The first-order chi connectivity index (χ1) is 24.3. The van der Waals surface area contributed by atoms with Gasteiger partial charge in [0, 0.05) is 25.2 Å². The molecule has 51 heavy (non-hydrogen) atoms. The third kappa shape index (κ3) is 10.3. The molecule has 9 atom stereocenters. The maximum Gasteiger partial charge on any atom is 0.249 e. The molecule has 2 amide bonds. The first-order valence-electron chi connectivity index (χ1n) is 16.5. The van der Waals surface area contributed by atoms with E-state index in [2.05, 4.69) is 10.6 Å². The van der Waals surface area contributed by atoms with Crippen LogP contribution >= 0.6 is 0 Å². The Balaban J connectivity index is 1.31. The van der Waals surface area contributed by atoms with Crippen molar-refractivity contribution >= 4 is 17.5 Å². The molecule has 1 fully saturated rings. The summed E-state index contributed by atoms with van der Waals surface area (Å²) in [5.41, 5.74) is 2.82. The van der Waals surface area contributed by atoms with Crippen molar-refractivity contribution in [3.63, 3.8) is 0 Å². The zero-order valence-corrected chi connectivity index (χ0v) is 28.0. The molecule has 3 aromatic rings. The van der Waals surface area contributed by atoms with E-state index in [1.165, 1.54) is 24.3 Å². The summed E-state index contributed by atoms with van der Waals surface area (Å²) in [6.07, 6.45) is -10.8. The molecule has 0 bridgehead atoms. The van der Waals surface area contributed by atoms with Crippen LogP contribution in [0.3, 0.4) is 0 Å². The number of carbonyl (C=O) groups excluding carboxylic acids is 2. The van der Waals surface area contributed by atoms with Gasteiger partial charge in [0.2, 0.25) is 11.8 Å². The minimum absolute atomic E-state index is 0.114. The van der Waals surface area contributed by atoms with Gasteiger partial charge in [-0.3, -0.25) is 14.9 Å². The predicted molar refractivity (Wildman–Crippen MR) is 181 cm³/mol. The summed E-state index contributed by atoms with van der Waals surface area (Å²) < 4.78 is 18.6. The number of aliphatic hydroxyl groups is 8. The Morgan fingerprint density at radius 2 is 1.51 bits per heavy atom. The number of amides is 2. The molecule has 4 rings (SSSR count). The van der Waals surface area contributed by atoms with E-state index >= 15 is 0 Å². The quantitative estimate of drug-likeness (QED) is 0.0573. The van der Waals surface area contributed by atoms with Gasteiger partial charge < -0.3 is 55.8 Å². The molecule has 1 aliphatic heterocycles. The zero-order valence-electron chi connectivity index (χ0n) is 28.0. The summed E-state index contributed by atoms with van der Waals surface area (Å²) in [6.45, 7) is -1.30. The smallest absolute Gasteiger partial charge is 0.249 e. The molecule has 3 aromatic carbocycles. The minimum atomic E-state index is -1.88. The number of hydrogen-bond acceptors (Lipinski definition) is 12. The summed E-state index contributed by atoms with van der Waals surface area (Å²) in [5.74, 6) is -1.22. The second-order valence-corrected chi connectivity index (χ2v) is 12.5. The SMILES string of the molecule is COc1ccc([C@@H]2[C@@H](CC[C@H](O)c3ccc(F)cc3)C(=O)N2c2ccc(CNC(O)C[C@@H](O)C(=O)NC[C@H](O)[C@@H](O)[C@H](O)[C@H](O)CO)cc2)cc1. The van der Waals surface area contributed by atoms with E-state index in [0.29, 0.717) is 29.8 Å². The van der Waals surface area contributed by atoms with Crippen LogP contribution in [0.1, 0.15) is 48.1 Å². The van der Waals surface area contributed by atoms with Crippen molar-refractivity contribution in [1.29, 1.82) is 0 Å². The lowest BCUT2D eigenvalue weighted by Gasteiger charge is -2.48. The fourth-order valence-corrected chi connectivity index (χ4v) is 5.91. The number of carbonyl (C=O) groups is 2. The minimum Gasteiger partial charge on any atom is -0.497 e. The Kier molecular flexibility index (Phi) is 14.4. The molecule has 14 nitrogen and oxygen atoms in total.